The minimum atomic E-state index is -0.262. The van der Waals surface area contributed by atoms with Crippen molar-refractivity contribution in [2.75, 3.05) is 20.2 Å². The number of likely N-dealkylation sites (tertiary alicyclic amines) is 1. The lowest BCUT2D eigenvalue weighted by atomic mass is 10.2. The molecule has 0 aromatic heterocycles. The zero-order valence-corrected chi connectivity index (χ0v) is 11.0. The number of nitrogens with one attached hydrogen (secondary N) is 1. The molecule has 2 amide bonds. The molecular formula is C14H18N2O3. The molecule has 2 rings (SSSR count). The zero-order valence-electron chi connectivity index (χ0n) is 11.0. The summed E-state index contributed by atoms with van der Waals surface area (Å²) in [6.45, 7) is 1.17. The fourth-order valence-electron chi connectivity index (χ4n) is 2.08. The maximum absolute atomic E-state index is 11.8. The molecule has 0 aliphatic carbocycles. The highest BCUT2D eigenvalue weighted by Gasteiger charge is 2.26. The summed E-state index contributed by atoms with van der Waals surface area (Å²) in [5.74, 6) is 0.284. The van der Waals surface area contributed by atoms with Crippen LogP contribution < -0.4 is 10.1 Å². The van der Waals surface area contributed by atoms with Crippen molar-refractivity contribution in [2.45, 2.75) is 19.4 Å². The second-order valence-electron chi connectivity index (χ2n) is 4.51. The Kier molecular flexibility index (Phi) is 4.52. The van der Waals surface area contributed by atoms with Gasteiger partial charge >= 0.3 is 0 Å². The van der Waals surface area contributed by atoms with Gasteiger partial charge in [-0.25, -0.2) is 0 Å². The molecule has 5 nitrogen and oxygen atoms in total. The van der Waals surface area contributed by atoms with Crippen LogP contribution in [0.3, 0.4) is 0 Å². The summed E-state index contributed by atoms with van der Waals surface area (Å²) in [4.78, 5) is 24.5. The third kappa shape index (κ3) is 3.54. The van der Waals surface area contributed by atoms with Crippen molar-refractivity contribution in [3.63, 3.8) is 0 Å². The van der Waals surface area contributed by atoms with Gasteiger partial charge in [0.05, 0.1) is 0 Å². The second-order valence-corrected chi connectivity index (χ2v) is 4.51. The van der Waals surface area contributed by atoms with E-state index in [0.717, 1.165) is 18.5 Å². The number of amides is 2. The largest absolute Gasteiger partial charge is 0.484 e. The Morgan fingerprint density at radius 3 is 3.00 bits per heavy atom. The van der Waals surface area contributed by atoms with Crippen LogP contribution in [0.5, 0.6) is 5.75 Å². The highest BCUT2D eigenvalue weighted by atomic mass is 16.5. The van der Waals surface area contributed by atoms with Gasteiger partial charge in [0.1, 0.15) is 5.75 Å². The molecule has 19 heavy (non-hydrogen) atoms. The quantitative estimate of drug-likeness (QED) is 0.857. The summed E-state index contributed by atoms with van der Waals surface area (Å²) in [7, 11) is 1.87. The molecule has 0 saturated carbocycles. The standard InChI is InChI=1S/C14H18N2O3/c1-15-9-11-4-2-5-12(8-11)19-10-14(18)16-7-3-6-13(16)17/h2,4-5,8,15H,3,6-7,9-10H2,1H3. The van der Waals surface area contributed by atoms with Crippen molar-refractivity contribution >= 4 is 11.8 Å². The third-order valence-electron chi connectivity index (χ3n) is 3.02. The van der Waals surface area contributed by atoms with Crippen molar-refractivity contribution in [1.29, 1.82) is 0 Å². The maximum atomic E-state index is 11.8. The number of carbonyl (C=O) groups excluding carboxylic acids is 2. The molecule has 102 valence electrons. The van der Waals surface area contributed by atoms with E-state index in [-0.39, 0.29) is 18.4 Å². The molecule has 1 N–H and O–H groups in total. The van der Waals surface area contributed by atoms with Crippen LogP contribution in [0.25, 0.3) is 0 Å². The molecule has 0 radical (unpaired) electrons. The molecule has 1 fully saturated rings. The molecule has 1 aromatic rings. The van der Waals surface area contributed by atoms with Crippen LogP contribution in [0.2, 0.25) is 0 Å². The number of imide groups is 1. The van der Waals surface area contributed by atoms with Gasteiger partial charge in [-0.1, -0.05) is 12.1 Å². The highest BCUT2D eigenvalue weighted by molar-refractivity contribution is 5.97. The van der Waals surface area contributed by atoms with E-state index in [0.29, 0.717) is 18.7 Å². The van der Waals surface area contributed by atoms with Crippen LogP contribution in [-0.4, -0.2) is 36.9 Å². The third-order valence-corrected chi connectivity index (χ3v) is 3.02. The van der Waals surface area contributed by atoms with Gasteiger partial charge in [0, 0.05) is 19.5 Å². The second kappa shape index (κ2) is 6.33. The van der Waals surface area contributed by atoms with Gasteiger partial charge in [0.25, 0.3) is 5.91 Å². The molecule has 1 saturated heterocycles. The molecule has 0 unspecified atom stereocenters. The SMILES string of the molecule is CNCc1cccc(OCC(=O)N2CCCC2=O)c1. The van der Waals surface area contributed by atoms with Gasteiger partial charge < -0.3 is 10.1 Å². The number of carbonyl (C=O) groups is 2. The van der Waals surface area contributed by atoms with Gasteiger partial charge in [0.15, 0.2) is 6.61 Å². The molecule has 0 atom stereocenters. The summed E-state index contributed by atoms with van der Waals surface area (Å²) < 4.78 is 5.44. The lowest BCUT2D eigenvalue weighted by Gasteiger charge is -2.14. The average Bonchev–Trinajstić information content (AvgIpc) is 2.83. The van der Waals surface area contributed by atoms with Gasteiger partial charge in [-0.15, -0.1) is 0 Å². The van der Waals surface area contributed by atoms with Gasteiger partial charge in [-0.2, -0.15) is 0 Å². The number of rotatable bonds is 5. The van der Waals surface area contributed by atoms with E-state index < -0.39 is 0 Å². The van der Waals surface area contributed by atoms with Gasteiger partial charge in [0.2, 0.25) is 5.91 Å². The number of hydrogen-bond acceptors (Lipinski definition) is 4. The maximum Gasteiger partial charge on any atom is 0.267 e. The highest BCUT2D eigenvalue weighted by Crippen LogP contribution is 2.14. The number of ether oxygens (including phenoxy) is 1. The Hall–Kier alpha value is -1.88. The number of hydrogen-bond donors (Lipinski definition) is 1. The molecular weight excluding hydrogens is 244 g/mol. The summed E-state index contributed by atoms with van der Waals surface area (Å²) >= 11 is 0. The molecule has 1 heterocycles. The van der Waals surface area contributed by atoms with Crippen LogP contribution in [0, 0.1) is 0 Å². The molecule has 0 spiro atoms. The Morgan fingerprint density at radius 1 is 1.47 bits per heavy atom. The first-order valence-corrected chi connectivity index (χ1v) is 6.40. The van der Waals surface area contributed by atoms with E-state index in [1.165, 1.54) is 4.90 Å². The minimum absolute atomic E-state index is 0.0885. The Balaban J connectivity index is 1.89. The van der Waals surface area contributed by atoms with Crippen molar-refractivity contribution in [3.05, 3.63) is 29.8 Å². The number of benzene rings is 1. The van der Waals surface area contributed by atoms with Crippen LogP contribution in [0.15, 0.2) is 24.3 Å². The fraction of sp³-hybridized carbons (Fsp3) is 0.429. The van der Waals surface area contributed by atoms with Gasteiger partial charge in [-0.05, 0) is 31.2 Å². The first kappa shape index (κ1) is 13.5. The Bertz CT molecular complexity index is 474. The van der Waals surface area contributed by atoms with Gasteiger partial charge in [-0.3, -0.25) is 14.5 Å². The average molecular weight is 262 g/mol. The van der Waals surface area contributed by atoms with Crippen molar-refractivity contribution in [1.82, 2.24) is 10.2 Å². The lowest BCUT2D eigenvalue weighted by molar-refractivity contribution is -0.143. The Morgan fingerprint density at radius 2 is 2.32 bits per heavy atom. The van der Waals surface area contributed by atoms with E-state index in [9.17, 15) is 9.59 Å². The van der Waals surface area contributed by atoms with Crippen LogP contribution in [0.4, 0.5) is 0 Å². The smallest absolute Gasteiger partial charge is 0.267 e. The minimum Gasteiger partial charge on any atom is -0.484 e. The molecule has 1 aromatic carbocycles. The van der Waals surface area contributed by atoms with E-state index >= 15 is 0 Å². The summed E-state index contributed by atoms with van der Waals surface area (Å²) in [6, 6.07) is 7.55. The predicted octanol–water partition coefficient (Wildman–Crippen LogP) is 0.934. The predicted molar refractivity (Wildman–Crippen MR) is 70.7 cm³/mol. The summed E-state index contributed by atoms with van der Waals surface area (Å²) in [5.41, 5.74) is 1.09. The van der Waals surface area contributed by atoms with E-state index in [2.05, 4.69) is 5.32 Å². The molecule has 1 aliphatic heterocycles. The van der Waals surface area contributed by atoms with E-state index in [1.807, 2.05) is 25.2 Å². The molecule has 1 aliphatic rings. The van der Waals surface area contributed by atoms with Crippen molar-refractivity contribution in [2.24, 2.45) is 0 Å². The summed E-state index contributed by atoms with van der Waals surface area (Å²) in [6.07, 6.45) is 1.21. The Labute approximate surface area is 112 Å². The number of nitrogens with zero attached hydrogens (tertiary/aromatic N) is 1. The summed E-state index contributed by atoms with van der Waals surface area (Å²) in [5, 5.41) is 3.05. The monoisotopic (exact) mass is 262 g/mol. The van der Waals surface area contributed by atoms with E-state index in [1.54, 1.807) is 6.07 Å². The van der Waals surface area contributed by atoms with Crippen LogP contribution in [-0.2, 0) is 16.1 Å². The fourth-order valence-corrected chi connectivity index (χ4v) is 2.08. The normalized spacial score (nSPS) is 14.8. The van der Waals surface area contributed by atoms with Crippen molar-refractivity contribution in [3.8, 4) is 5.75 Å². The lowest BCUT2D eigenvalue weighted by Crippen LogP contribution is -2.35. The zero-order chi connectivity index (χ0) is 13.7. The van der Waals surface area contributed by atoms with Crippen LogP contribution in [0.1, 0.15) is 18.4 Å². The molecule has 0 bridgehead atoms. The first-order chi connectivity index (χ1) is 9.20. The van der Waals surface area contributed by atoms with Crippen LogP contribution >= 0.6 is 0 Å². The van der Waals surface area contributed by atoms with Crippen molar-refractivity contribution < 1.29 is 14.3 Å². The first-order valence-electron chi connectivity index (χ1n) is 6.40. The topological polar surface area (TPSA) is 58.6 Å². The van der Waals surface area contributed by atoms with E-state index in [4.69, 9.17) is 4.74 Å². The molecule has 5 heteroatoms.